The molecular formula is C21H21ClN4O2S. The fourth-order valence-electron chi connectivity index (χ4n) is 3.23. The summed E-state index contributed by atoms with van der Waals surface area (Å²) in [6, 6.07) is 15.7. The zero-order chi connectivity index (χ0) is 20.2. The summed E-state index contributed by atoms with van der Waals surface area (Å²) in [5.41, 5.74) is 3.26. The standard InChI is InChI=1S/C21H21ClN4O2S/c1-15-3-2-4-18(13-15)25-9-11-26(12-10-25)19(27)14-29-21-24-23-20(28-21)16-5-7-17(22)8-6-16/h2-8,13H,9-12,14H2,1H3. The number of piperazine rings is 1. The highest BCUT2D eigenvalue weighted by Crippen LogP contribution is 2.25. The number of hydrogen-bond acceptors (Lipinski definition) is 6. The first-order chi connectivity index (χ1) is 14.1. The number of benzene rings is 2. The third-order valence-corrected chi connectivity index (χ3v) is 5.87. The summed E-state index contributed by atoms with van der Waals surface area (Å²) in [5.74, 6) is 0.792. The van der Waals surface area contributed by atoms with Crippen molar-refractivity contribution in [1.29, 1.82) is 0 Å². The molecule has 2 heterocycles. The van der Waals surface area contributed by atoms with E-state index in [-0.39, 0.29) is 11.7 Å². The van der Waals surface area contributed by atoms with Crippen molar-refractivity contribution >= 4 is 35.0 Å². The van der Waals surface area contributed by atoms with Gasteiger partial charge >= 0.3 is 0 Å². The number of amides is 1. The Morgan fingerprint density at radius 1 is 1.10 bits per heavy atom. The molecule has 0 radical (unpaired) electrons. The van der Waals surface area contributed by atoms with Crippen LogP contribution in [-0.4, -0.2) is 52.9 Å². The van der Waals surface area contributed by atoms with Gasteiger partial charge in [0.15, 0.2) is 0 Å². The lowest BCUT2D eigenvalue weighted by Crippen LogP contribution is -2.49. The average Bonchev–Trinajstić information content (AvgIpc) is 3.22. The van der Waals surface area contributed by atoms with Crippen molar-refractivity contribution in [3.8, 4) is 11.5 Å². The predicted molar refractivity (Wildman–Crippen MR) is 115 cm³/mol. The minimum atomic E-state index is 0.0881. The van der Waals surface area contributed by atoms with E-state index in [0.29, 0.717) is 29.2 Å². The van der Waals surface area contributed by atoms with Gasteiger partial charge in [0.25, 0.3) is 5.22 Å². The highest BCUT2D eigenvalue weighted by molar-refractivity contribution is 7.99. The Labute approximate surface area is 178 Å². The maximum atomic E-state index is 12.6. The van der Waals surface area contributed by atoms with Crippen LogP contribution in [0.1, 0.15) is 5.56 Å². The van der Waals surface area contributed by atoms with Crippen LogP contribution in [0, 0.1) is 6.92 Å². The van der Waals surface area contributed by atoms with Crippen molar-refractivity contribution in [2.24, 2.45) is 0 Å². The topological polar surface area (TPSA) is 62.5 Å². The Morgan fingerprint density at radius 2 is 1.86 bits per heavy atom. The molecule has 1 fully saturated rings. The van der Waals surface area contributed by atoms with E-state index in [1.807, 2.05) is 17.0 Å². The zero-order valence-electron chi connectivity index (χ0n) is 16.0. The second-order valence-corrected chi connectivity index (χ2v) is 8.24. The van der Waals surface area contributed by atoms with Crippen molar-refractivity contribution in [1.82, 2.24) is 15.1 Å². The summed E-state index contributed by atoms with van der Waals surface area (Å²) >= 11 is 7.17. The Hall–Kier alpha value is -2.51. The summed E-state index contributed by atoms with van der Waals surface area (Å²) in [7, 11) is 0. The highest BCUT2D eigenvalue weighted by atomic mass is 35.5. The molecule has 0 aliphatic carbocycles. The molecule has 4 rings (SSSR count). The minimum Gasteiger partial charge on any atom is -0.411 e. The van der Waals surface area contributed by atoms with E-state index in [0.717, 1.165) is 18.7 Å². The third-order valence-electron chi connectivity index (χ3n) is 4.82. The van der Waals surface area contributed by atoms with Gasteiger partial charge in [-0.1, -0.05) is 35.5 Å². The molecular weight excluding hydrogens is 408 g/mol. The molecule has 150 valence electrons. The van der Waals surface area contributed by atoms with Crippen LogP contribution in [-0.2, 0) is 4.79 Å². The number of carbonyl (C=O) groups is 1. The monoisotopic (exact) mass is 428 g/mol. The van der Waals surface area contributed by atoms with Crippen LogP contribution in [0.3, 0.4) is 0 Å². The van der Waals surface area contributed by atoms with Gasteiger partial charge in [-0.05, 0) is 48.9 Å². The quantitative estimate of drug-likeness (QED) is 0.569. The van der Waals surface area contributed by atoms with Gasteiger partial charge in [-0.2, -0.15) is 0 Å². The minimum absolute atomic E-state index is 0.0881. The van der Waals surface area contributed by atoms with Gasteiger partial charge in [0.2, 0.25) is 11.8 Å². The summed E-state index contributed by atoms with van der Waals surface area (Å²) < 4.78 is 5.65. The Morgan fingerprint density at radius 3 is 2.59 bits per heavy atom. The molecule has 0 spiro atoms. The molecule has 0 unspecified atom stereocenters. The van der Waals surface area contributed by atoms with E-state index in [2.05, 4.69) is 46.3 Å². The van der Waals surface area contributed by atoms with Crippen LogP contribution < -0.4 is 4.90 Å². The molecule has 29 heavy (non-hydrogen) atoms. The van der Waals surface area contributed by atoms with E-state index >= 15 is 0 Å². The molecule has 1 aromatic heterocycles. The molecule has 0 bridgehead atoms. The molecule has 2 aromatic carbocycles. The molecule has 6 nitrogen and oxygen atoms in total. The summed E-state index contributed by atoms with van der Waals surface area (Å²) in [5, 5.41) is 9.11. The van der Waals surface area contributed by atoms with E-state index in [4.69, 9.17) is 16.0 Å². The van der Waals surface area contributed by atoms with Crippen LogP contribution in [0.25, 0.3) is 11.5 Å². The van der Waals surface area contributed by atoms with Crippen LogP contribution >= 0.6 is 23.4 Å². The number of aromatic nitrogens is 2. The van der Waals surface area contributed by atoms with Gasteiger partial charge in [-0.25, -0.2) is 0 Å². The van der Waals surface area contributed by atoms with Crippen LogP contribution in [0.4, 0.5) is 5.69 Å². The third kappa shape index (κ3) is 4.92. The molecule has 3 aromatic rings. The van der Waals surface area contributed by atoms with Gasteiger partial charge in [-0.15, -0.1) is 10.2 Å². The number of aryl methyl sites for hydroxylation is 1. The van der Waals surface area contributed by atoms with Gasteiger partial charge in [0.05, 0.1) is 5.75 Å². The number of hydrogen-bond donors (Lipinski definition) is 0. The van der Waals surface area contributed by atoms with Crippen LogP contribution in [0.15, 0.2) is 58.2 Å². The van der Waals surface area contributed by atoms with Gasteiger partial charge < -0.3 is 14.2 Å². The second-order valence-electron chi connectivity index (χ2n) is 6.88. The van der Waals surface area contributed by atoms with Crippen molar-refractivity contribution < 1.29 is 9.21 Å². The van der Waals surface area contributed by atoms with Crippen molar-refractivity contribution in [2.45, 2.75) is 12.1 Å². The molecule has 8 heteroatoms. The first kappa shape index (κ1) is 19.8. The maximum absolute atomic E-state index is 12.6. The van der Waals surface area contributed by atoms with Crippen molar-refractivity contribution in [3.63, 3.8) is 0 Å². The molecule has 1 amide bonds. The molecule has 1 aliphatic rings. The number of thioether (sulfide) groups is 1. The molecule has 0 atom stereocenters. The van der Waals surface area contributed by atoms with Crippen molar-refractivity contribution in [3.05, 3.63) is 59.1 Å². The Bertz CT molecular complexity index is 984. The lowest BCUT2D eigenvalue weighted by Gasteiger charge is -2.36. The fraction of sp³-hybridized carbons (Fsp3) is 0.286. The molecule has 0 N–H and O–H groups in total. The lowest BCUT2D eigenvalue weighted by molar-refractivity contribution is -0.128. The largest absolute Gasteiger partial charge is 0.411 e. The van der Waals surface area contributed by atoms with Crippen LogP contribution in [0.2, 0.25) is 5.02 Å². The second kappa shape index (κ2) is 8.88. The first-order valence-electron chi connectivity index (χ1n) is 9.40. The predicted octanol–water partition coefficient (Wildman–Crippen LogP) is 4.14. The van der Waals surface area contributed by atoms with E-state index in [9.17, 15) is 4.79 Å². The summed E-state index contributed by atoms with van der Waals surface area (Å²) in [6.07, 6.45) is 0. The van der Waals surface area contributed by atoms with E-state index < -0.39 is 0 Å². The first-order valence-corrected chi connectivity index (χ1v) is 10.8. The maximum Gasteiger partial charge on any atom is 0.277 e. The van der Waals surface area contributed by atoms with E-state index in [1.54, 1.807) is 12.1 Å². The summed E-state index contributed by atoms with van der Waals surface area (Å²) in [6.45, 7) is 5.19. The fourth-order valence-corrected chi connectivity index (χ4v) is 4.02. The zero-order valence-corrected chi connectivity index (χ0v) is 17.6. The molecule has 1 aliphatic heterocycles. The number of rotatable bonds is 5. The number of anilines is 1. The lowest BCUT2D eigenvalue weighted by atomic mass is 10.2. The van der Waals surface area contributed by atoms with E-state index in [1.165, 1.54) is 23.0 Å². The average molecular weight is 429 g/mol. The number of nitrogens with zero attached hydrogens (tertiary/aromatic N) is 4. The Balaban J connectivity index is 1.28. The van der Waals surface area contributed by atoms with Gasteiger partial charge in [0.1, 0.15) is 0 Å². The van der Waals surface area contributed by atoms with Crippen LogP contribution in [0.5, 0.6) is 0 Å². The van der Waals surface area contributed by atoms with Crippen molar-refractivity contribution in [2.75, 3.05) is 36.8 Å². The SMILES string of the molecule is Cc1cccc(N2CCN(C(=O)CSc3nnc(-c4ccc(Cl)cc4)o3)CC2)c1. The molecule has 1 saturated heterocycles. The highest BCUT2D eigenvalue weighted by Gasteiger charge is 2.22. The molecule has 0 saturated carbocycles. The normalized spacial score (nSPS) is 14.3. The Kier molecular flexibility index (Phi) is 6.06. The smallest absolute Gasteiger partial charge is 0.277 e. The van der Waals surface area contributed by atoms with Gasteiger partial charge in [-0.3, -0.25) is 4.79 Å². The summed E-state index contributed by atoms with van der Waals surface area (Å²) in [4.78, 5) is 16.8. The van der Waals surface area contributed by atoms with Gasteiger partial charge in [0, 0.05) is 42.5 Å². The number of halogens is 1. The number of carbonyl (C=O) groups excluding carboxylic acids is 1.